The fraction of sp³-hybridized carbons (Fsp3) is 0.176. The van der Waals surface area contributed by atoms with E-state index in [1.807, 2.05) is 50.2 Å². The third-order valence-corrected chi connectivity index (χ3v) is 3.54. The van der Waals surface area contributed by atoms with Gasteiger partial charge in [0.1, 0.15) is 11.4 Å². The molecule has 21 heavy (non-hydrogen) atoms. The van der Waals surface area contributed by atoms with E-state index in [-0.39, 0.29) is 0 Å². The van der Waals surface area contributed by atoms with Crippen LogP contribution in [0.15, 0.2) is 36.4 Å². The van der Waals surface area contributed by atoms with Gasteiger partial charge in [-0.1, -0.05) is 12.1 Å². The molecule has 4 nitrogen and oxygen atoms in total. The number of nitrogens with two attached hydrogens (primary N) is 1. The van der Waals surface area contributed by atoms with Gasteiger partial charge in [0.25, 0.3) is 0 Å². The van der Waals surface area contributed by atoms with Crippen LogP contribution in [0.4, 0.5) is 5.82 Å². The Bertz CT molecular complexity index is 804. The maximum atomic E-state index is 6.08. The normalized spacial score (nSPS) is 10.8. The largest absolute Gasteiger partial charge is 0.496 e. The first-order valence-corrected chi connectivity index (χ1v) is 6.78. The monoisotopic (exact) mass is 279 g/mol. The summed E-state index contributed by atoms with van der Waals surface area (Å²) in [6.07, 6.45) is 0. The van der Waals surface area contributed by atoms with E-state index in [4.69, 9.17) is 10.5 Å². The SMILES string of the molecule is COc1c(C)cc(-c2nc3ccccc3nc2N)cc1C. The highest BCUT2D eigenvalue weighted by molar-refractivity contribution is 5.82. The summed E-state index contributed by atoms with van der Waals surface area (Å²) < 4.78 is 5.40. The average molecular weight is 279 g/mol. The molecule has 2 aromatic carbocycles. The van der Waals surface area contributed by atoms with Gasteiger partial charge in [0.15, 0.2) is 5.82 Å². The smallest absolute Gasteiger partial charge is 0.150 e. The maximum absolute atomic E-state index is 6.08. The number of hydrogen-bond acceptors (Lipinski definition) is 4. The van der Waals surface area contributed by atoms with E-state index in [0.29, 0.717) is 11.5 Å². The second kappa shape index (κ2) is 5.05. The number of nitrogens with zero attached hydrogens (tertiary/aromatic N) is 2. The summed E-state index contributed by atoms with van der Waals surface area (Å²) in [7, 11) is 1.68. The molecule has 4 heteroatoms. The molecule has 3 aromatic rings. The highest BCUT2D eigenvalue weighted by atomic mass is 16.5. The number of para-hydroxylation sites is 2. The topological polar surface area (TPSA) is 61.0 Å². The van der Waals surface area contributed by atoms with Gasteiger partial charge in [-0.15, -0.1) is 0 Å². The molecule has 0 aliphatic heterocycles. The molecule has 1 aromatic heterocycles. The van der Waals surface area contributed by atoms with Gasteiger partial charge in [0.2, 0.25) is 0 Å². The van der Waals surface area contributed by atoms with E-state index in [9.17, 15) is 0 Å². The van der Waals surface area contributed by atoms with Crippen molar-refractivity contribution in [1.82, 2.24) is 9.97 Å². The van der Waals surface area contributed by atoms with Crippen molar-refractivity contribution in [2.75, 3.05) is 12.8 Å². The minimum atomic E-state index is 0.442. The van der Waals surface area contributed by atoms with Gasteiger partial charge in [-0.05, 0) is 49.2 Å². The van der Waals surface area contributed by atoms with E-state index in [2.05, 4.69) is 9.97 Å². The standard InChI is InChI=1S/C17H17N3O/c1-10-8-12(9-11(2)16(10)21-3)15-17(18)20-14-7-5-4-6-13(14)19-15/h4-9H,1-3H3,(H2,18,20). The minimum absolute atomic E-state index is 0.442. The molecule has 0 aliphatic rings. The predicted molar refractivity (Wildman–Crippen MR) is 85.4 cm³/mol. The lowest BCUT2D eigenvalue weighted by Gasteiger charge is -2.12. The van der Waals surface area contributed by atoms with Gasteiger partial charge in [0, 0.05) is 5.56 Å². The van der Waals surface area contributed by atoms with Gasteiger partial charge in [-0.2, -0.15) is 0 Å². The lowest BCUT2D eigenvalue weighted by Crippen LogP contribution is -2.00. The molecule has 1 heterocycles. The van der Waals surface area contributed by atoms with Crippen molar-refractivity contribution in [3.63, 3.8) is 0 Å². The number of hydrogen-bond donors (Lipinski definition) is 1. The van der Waals surface area contributed by atoms with E-state index >= 15 is 0 Å². The highest BCUT2D eigenvalue weighted by Crippen LogP contribution is 2.31. The number of rotatable bonds is 2. The second-order valence-corrected chi connectivity index (χ2v) is 5.09. The zero-order chi connectivity index (χ0) is 15.0. The van der Waals surface area contributed by atoms with E-state index in [1.165, 1.54) is 0 Å². The molecular weight excluding hydrogens is 262 g/mol. The fourth-order valence-electron chi connectivity index (χ4n) is 2.64. The van der Waals surface area contributed by atoms with Crippen LogP contribution in [-0.4, -0.2) is 17.1 Å². The van der Waals surface area contributed by atoms with Gasteiger partial charge in [-0.25, -0.2) is 9.97 Å². The predicted octanol–water partition coefficient (Wildman–Crippen LogP) is 3.50. The Hall–Kier alpha value is -2.62. The molecular formula is C17H17N3O. The molecule has 0 spiro atoms. The number of benzene rings is 2. The summed E-state index contributed by atoms with van der Waals surface area (Å²) in [5.74, 6) is 1.34. The third-order valence-electron chi connectivity index (χ3n) is 3.54. The van der Waals surface area contributed by atoms with Crippen molar-refractivity contribution in [2.45, 2.75) is 13.8 Å². The van der Waals surface area contributed by atoms with Crippen molar-refractivity contribution in [2.24, 2.45) is 0 Å². The summed E-state index contributed by atoms with van der Waals surface area (Å²) in [4.78, 5) is 9.09. The maximum Gasteiger partial charge on any atom is 0.150 e. The van der Waals surface area contributed by atoms with Crippen molar-refractivity contribution in [1.29, 1.82) is 0 Å². The number of nitrogen functional groups attached to an aromatic ring is 1. The van der Waals surface area contributed by atoms with Crippen LogP contribution >= 0.6 is 0 Å². The number of aromatic nitrogens is 2. The van der Waals surface area contributed by atoms with Crippen LogP contribution < -0.4 is 10.5 Å². The zero-order valence-electron chi connectivity index (χ0n) is 12.3. The number of aryl methyl sites for hydroxylation is 2. The van der Waals surface area contributed by atoms with Crippen LogP contribution in [0.3, 0.4) is 0 Å². The zero-order valence-corrected chi connectivity index (χ0v) is 12.3. The first kappa shape index (κ1) is 13.4. The van der Waals surface area contributed by atoms with Gasteiger partial charge >= 0.3 is 0 Å². The van der Waals surface area contributed by atoms with E-state index in [0.717, 1.165) is 33.5 Å². The summed E-state index contributed by atoms with van der Waals surface area (Å²) in [5.41, 5.74) is 11.5. The van der Waals surface area contributed by atoms with Gasteiger partial charge in [0.05, 0.1) is 18.1 Å². The quantitative estimate of drug-likeness (QED) is 0.780. The first-order valence-electron chi connectivity index (χ1n) is 6.78. The Kier molecular flexibility index (Phi) is 3.22. The average Bonchev–Trinajstić information content (AvgIpc) is 2.46. The van der Waals surface area contributed by atoms with Crippen molar-refractivity contribution in [3.05, 3.63) is 47.5 Å². The summed E-state index contributed by atoms with van der Waals surface area (Å²) >= 11 is 0. The van der Waals surface area contributed by atoms with Crippen LogP contribution in [0.2, 0.25) is 0 Å². The van der Waals surface area contributed by atoms with Crippen LogP contribution in [0.5, 0.6) is 5.75 Å². The van der Waals surface area contributed by atoms with Crippen LogP contribution in [-0.2, 0) is 0 Å². The van der Waals surface area contributed by atoms with Crippen molar-refractivity contribution >= 4 is 16.9 Å². The molecule has 0 atom stereocenters. The molecule has 0 bridgehead atoms. The number of methoxy groups -OCH3 is 1. The number of anilines is 1. The second-order valence-electron chi connectivity index (χ2n) is 5.09. The summed E-state index contributed by atoms with van der Waals surface area (Å²) in [6.45, 7) is 4.03. The summed E-state index contributed by atoms with van der Waals surface area (Å²) in [5, 5.41) is 0. The minimum Gasteiger partial charge on any atom is -0.496 e. The Morgan fingerprint density at radius 1 is 0.952 bits per heavy atom. The van der Waals surface area contributed by atoms with Crippen LogP contribution in [0, 0.1) is 13.8 Å². The molecule has 0 saturated carbocycles. The molecule has 3 rings (SSSR count). The molecule has 0 fully saturated rings. The molecule has 0 aliphatic carbocycles. The number of fused-ring (bicyclic) bond motifs is 1. The van der Waals surface area contributed by atoms with Crippen LogP contribution in [0.1, 0.15) is 11.1 Å². The summed E-state index contributed by atoms with van der Waals surface area (Å²) in [6, 6.07) is 11.8. The first-order chi connectivity index (χ1) is 10.1. The highest BCUT2D eigenvalue weighted by Gasteiger charge is 2.12. The van der Waals surface area contributed by atoms with E-state index < -0.39 is 0 Å². The lowest BCUT2D eigenvalue weighted by atomic mass is 10.0. The molecule has 0 unspecified atom stereocenters. The molecule has 0 saturated heterocycles. The van der Waals surface area contributed by atoms with Gasteiger partial charge < -0.3 is 10.5 Å². The van der Waals surface area contributed by atoms with Gasteiger partial charge in [-0.3, -0.25) is 0 Å². The molecule has 0 radical (unpaired) electrons. The number of ether oxygens (including phenoxy) is 1. The molecule has 0 amide bonds. The third kappa shape index (κ3) is 2.29. The molecule has 106 valence electrons. The lowest BCUT2D eigenvalue weighted by molar-refractivity contribution is 0.408. The molecule has 2 N–H and O–H groups in total. The fourth-order valence-corrected chi connectivity index (χ4v) is 2.64. The van der Waals surface area contributed by atoms with Crippen LogP contribution in [0.25, 0.3) is 22.3 Å². The van der Waals surface area contributed by atoms with E-state index in [1.54, 1.807) is 7.11 Å². The Morgan fingerprint density at radius 3 is 2.10 bits per heavy atom. The van der Waals surface area contributed by atoms with Crippen molar-refractivity contribution < 1.29 is 4.74 Å². The Balaban J connectivity index is 2.22. The Morgan fingerprint density at radius 2 is 1.52 bits per heavy atom. The Labute approximate surface area is 123 Å². The van der Waals surface area contributed by atoms with Crippen molar-refractivity contribution in [3.8, 4) is 17.0 Å².